The van der Waals surface area contributed by atoms with Crippen molar-refractivity contribution in [3.8, 4) is 0 Å². The molecule has 0 fully saturated rings. The number of nitrogens with zero attached hydrogens (tertiary/aromatic N) is 2. The Morgan fingerprint density at radius 2 is 2.19 bits per heavy atom. The lowest BCUT2D eigenvalue weighted by atomic mass is 10.1. The Morgan fingerprint density at radius 3 is 3.04 bits per heavy atom. The maximum Gasteiger partial charge on any atom is 0.170 e. The number of hydrogen-bond acceptors (Lipinski definition) is 7. The van der Waals surface area contributed by atoms with Gasteiger partial charge in [0, 0.05) is 26.7 Å². The quantitative estimate of drug-likeness (QED) is 0.521. The molecule has 3 heterocycles. The van der Waals surface area contributed by atoms with E-state index in [0.29, 0.717) is 0 Å². The summed E-state index contributed by atoms with van der Waals surface area (Å²) in [5, 5.41) is 11.9. The number of alkyl halides is 1. The van der Waals surface area contributed by atoms with E-state index in [1.807, 2.05) is 24.3 Å². The van der Waals surface area contributed by atoms with E-state index in [2.05, 4.69) is 50.5 Å². The number of nitrogens with one attached hydrogen (secondary N) is 4. The summed E-state index contributed by atoms with van der Waals surface area (Å²) in [4.78, 5) is 4.88. The summed E-state index contributed by atoms with van der Waals surface area (Å²) in [6.07, 6.45) is 7.00. The zero-order valence-electron chi connectivity index (χ0n) is 13.6. The second-order valence-corrected chi connectivity index (χ2v) is 7.56. The van der Waals surface area contributed by atoms with Crippen LogP contribution in [0.5, 0.6) is 0 Å². The Balaban J connectivity index is 1.64. The van der Waals surface area contributed by atoms with Gasteiger partial charge in [0.1, 0.15) is 5.82 Å². The van der Waals surface area contributed by atoms with E-state index in [4.69, 9.17) is 16.6 Å². The second-order valence-electron chi connectivity index (χ2n) is 6.08. The van der Waals surface area contributed by atoms with Gasteiger partial charge in [-0.25, -0.2) is 10.5 Å². The minimum absolute atomic E-state index is 0.0129. The fourth-order valence-corrected chi connectivity index (χ4v) is 4.31. The van der Waals surface area contributed by atoms with E-state index in [1.165, 1.54) is 4.70 Å². The molecular weight excluding hydrogens is 368 g/mol. The monoisotopic (exact) mass is 382 g/mol. The number of thiophene rings is 1. The van der Waals surface area contributed by atoms with Gasteiger partial charge >= 0.3 is 0 Å². The van der Waals surface area contributed by atoms with Crippen molar-refractivity contribution in [3.63, 3.8) is 0 Å². The molecule has 6 nitrogen and oxygen atoms in total. The highest BCUT2D eigenvalue weighted by Crippen LogP contribution is 2.34. The van der Waals surface area contributed by atoms with Crippen LogP contribution in [0.15, 0.2) is 58.7 Å². The number of hydrogen-bond donors (Lipinski definition) is 4. The summed E-state index contributed by atoms with van der Waals surface area (Å²) >= 11 is 7.96. The molecule has 0 radical (unpaired) electrons. The molecule has 4 N–H and O–H groups in total. The molecule has 3 aromatic rings. The third-order valence-corrected chi connectivity index (χ3v) is 5.61. The summed E-state index contributed by atoms with van der Waals surface area (Å²) in [7, 11) is 0. The third kappa shape index (κ3) is 2.70. The molecule has 1 unspecified atom stereocenters. The number of hydrazone groups is 1. The van der Waals surface area contributed by atoms with Gasteiger partial charge < -0.3 is 5.32 Å². The van der Waals surface area contributed by atoms with Crippen LogP contribution < -0.4 is 21.8 Å². The highest BCUT2D eigenvalue weighted by Gasteiger charge is 2.14. The summed E-state index contributed by atoms with van der Waals surface area (Å²) in [6, 6.07) is 8.28. The van der Waals surface area contributed by atoms with Crippen molar-refractivity contribution in [1.29, 1.82) is 0 Å². The Labute approximate surface area is 158 Å². The number of rotatable bonds is 3. The number of allylic oxidation sites excluding steroid dienone is 3. The predicted molar refractivity (Wildman–Crippen MR) is 108 cm³/mol. The van der Waals surface area contributed by atoms with E-state index in [1.54, 1.807) is 11.3 Å². The Kier molecular flexibility index (Phi) is 3.77. The van der Waals surface area contributed by atoms with Crippen molar-refractivity contribution >= 4 is 55.6 Å². The largest absolute Gasteiger partial charge is 0.340 e. The van der Waals surface area contributed by atoms with Gasteiger partial charge in [-0.1, -0.05) is 18.2 Å². The molecule has 26 heavy (non-hydrogen) atoms. The molecule has 2 aliphatic rings. The average Bonchev–Trinajstić information content (AvgIpc) is 3.33. The number of amidine groups is 1. The molecule has 0 bridgehead atoms. The molecule has 0 spiro atoms. The molecule has 1 aliphatic heterocycles. The van der Waals surface area contributed by atoms with Crippen LogP contribution in [-0.2, 0) is 0 Å². The first-order valence-electron chi connectivity index (χ1n) is 8.22. The van der Waals surface area contributed by atoms with Gasteiger partial charge in [-0.3, -0.25) is 5.43 Å². The van der Waals surface area contributed by atoms with Crippen LogP contribution in [0.25, 0.3) is 21.0 Å². The smallest absolute Gasteiger partial charge is 0.170 e. The van der Waals surface area contributed by atoms with Crippen LogP contribution >= 0.6 is 22.9 Å². The summed E-state index contributed by atoms with van der Waals surface area (Å²) < 4.78 is 1.21. The number of hydrazine groups is 2. The number of anilines is 1. The molecule has 1 aromatic carbocycles. The minimum Gasteiger partial charge on any atom is -0.340 e. The van der Waals surface area contributed by atoms with Crippen molar-refractivity contribution in [2.24, 2.45) is 5.10 Å². The van der Waals surface area contributed by atoms with Gasteiger partial charge in [-0.05, 0) is 36.1 Å². The fraction of sp³-hybridized carbons (Fsp3) is 0.111. The molecule has 0 amide bonds. The van der Waals surface area contributed by atoms with Gasteiger partial charge in [-0.15, -0.1) is 33.6 Å². The van der Waals surface area contributed by atoms with Crippen molar-refractivity contribution in [2.75, 3.05) is 5.32 Å². The van der Waals surface area contributed by atoms with E-state index in [0.717, 1.165) is 45.6 Å². The van der Waals surface area contributed by atoms with Crippen LogP contribution in [0.2, 0.25) is 0 Å². The first-order valence-corrected chi connectivity index (χ1v) is 9.54. The standard InChI is InChI=1S/C18H15ClN6S/c19-11-2-1-3-12(9-11)20-18-14-6-7-26-16(14)13-5-4-10(8-15(13)21-18)17-22-24-25-23-17/h1,3-9,11,24-25H,2H2,(H,20,21)(H,22,23). The zero-order chi connectivity index (χ0) is 17.5. The van der Waals surface area contributed by atoms with Crippen molar-refractivity contribution < 1.29 is 0 Å². The Hall–Kier alpha value is -2.61. The maximum atomic E-state index is 6.25. The maximum absolute atomic E-state index is 6.25. The van der Waals surface area contributed by atoms with Crippen LogP contribution in [0.3, 0.4) is 0 Å². The molecule has 2 aromatic heterocycles. The molecule has 1 aliphatic carbocycles. The average molecular weight is 383 g/mol. The first-order chi connectivity index (χ1) is 12.8. The lowest BCUT2D eigenvalue weighted by Gasteiger charge is -2.14. The van der Waals surface area contributed by atoms with E-state index in [9.17, 15) is 0 Å². The van der Waals surface area contributed by atoms with Gasteiger partial charge in [0.25, 0.3) is 0 Å². The molecule has 8 heteroatoms. The fourth-order valence-electron chi connectivity index (χ4n) is 3.14. The summed E-state index contributed by atoms with van der Waals surface area (Å²) in [6.45, 7) is 0. The van der Waals surface area contributed by atoms with Crippen molar-refractivity contribution in [3.05, 3.63) is 59.1 Å². The minimum atomic E-state index is 0.0129. The van der Waals surface area contributed by atoms with Gasteiger partial charge in [0.2, 0.25) is 0 Å². The lowest BCUT2D eigenvalue weighted by Crippen LogP contribution is -2.35. The number of aromatic nitrogens is 1. The predicted octanol–water partition coefficient (Wildman–Crippen LogP) is 3.59. The van der Waals surface area contributed by atoms with Gasteiger partial charge in [-0.2, -0.15) is 0 Å². The van der Waals surface area contributed by atoms with Crippen LogP contribution in [-0.4, -0.2) is 16.2 Å². The highest BCUT2D eigenvalue weighted by atomic mass is 35.5. The van der Waals surface area contributed by atoms with Crippen LogP contribution in [0, 0.1) is 0 Å². The molecule has 130 valence electrons. The topological polar surface area (TPSA) is 73.4 Å². The molecule has 5 rings (SSSR count). The normalized spacial score (nSPS) is 19.2. The first kappa shape index (κ1) is 15.6. The summed E-state index contributed by atoms with van der Waals surface area (Å²) in [5.41, 5.74) is 11.3. The number of fused-ring (bicyclic) bond motifs is 3. The Morgan fingerprint density at radius 1 is 1.23 bits per heavy atom. The second kappa shape index (κ2) is 6.28. The molecule has 1 atom stereocenters. The number of halogens is 1. The summed E-state index contributed by atoms with van der Waals surface area (Å²) in [5.74, 6) is 1.57. The van der Waals surface area contributed by atoms with Crippen molar-refractivity contribution in [2.45, 2.75) is 11.8 Å². The SMILES string of the molecule is ClC1C=C(Nc2nc3cc(C4=NNNN4)ccc3c3sccc23)C=CC1. The highest BCUT2D eigenvalue weighted by molar-refractivity contribution is 7.18. The molecule has 0 saturated carbocycles. The van der Waals surface area contributed by atoms with Gasteiger partial charge in [0.15, 0.2) is 5.84 Å². The van der Waals surface area contributed by atoms with E-state index < -0.39 is 0 Å². The van der Waals surface area contributed by atoms with Gasteiger partial charge in [0.05, 0.1) is 10.9 Å². The van der Waals surface area contributed by atoms with Crippen LogP contribution in [0.1, 0.15) is 12.0 Å². The third-order valence-electron chi connectivity index (χ3n) is 4.35. The van der Waals surface area contributed by atoms with Crippen LogP contribution in [0.4, 0.5) is 5.82 Å². The van der Waals surface area contributed by atoms with Crippen molar-refractivity contribution in [1.82, 2.24) is 21.5 Å². The van der Waals surface area contributed by atoms with E-state index in [-0.39, 0.29) is 5.38 Å². The molecule has 0 saturated heterocycles. The zero-order valence-corrected chi connectivity index (χ0v) is 15.2. The lowest BCUT2D eigenvalue weighted by molar-refractivity contribution is 0.577. The number of benzene rings is 1. The van der Waals surface area contributed by atoms with E-state index >= 15 is 0 Å². The number of pyridine rings is 1. The Bertz CT molecular complexity index is 1100. The molecular formula is C18H15ClN6S.